The van der Waals surface area contributed by atoms with Crippen molar-refractivity contribution in [2.24, 2.45) is 0 Å². The summed E-state index contributed by atoms with van der Waals surface area (Å²) in [6, 6.07) is 8.14. The fraction of sp³-hybridized carbons (Fsp3) is 0.167. The van der Waals surface area contributed by atoms with Crippen molar-refractivity contribution < 1.29 is 57.4 Å². The Morgan fingerprint density at radius 2 is 0.949 bits per heavy atom. The quantitative estimate of drug-likeness (QED) is 0.181. The van der Waals surface area contributed by atoms with Crippen LogP contribution in [-0.2, 0) is 24.7 Å². The fourth-order valence-electron chi connectivity index (χ4n) is 3.60. The van der Waals surface area contributed by atoms with Gasteiger partial charge in [0.2, 0.25) is 5.69 Å². The van der Waals surface area contributed by atoms with Crippen LogP contribution in [-0.4, -0.2) is 9.90 Å². The second-order valence-corrected chi connectivity index (χ2v) is 8.15. The third-order valence-electron chi connectivity index (χ3n) is 5.38. The van der Waals surface area contributed by atoms with E-state index in [-0.39, 0.29) is 23.4 Å². The zero-order valence-electron chi connectivity index (χ0n) is 18.8. The third kappa shape index (κ3) is 6.01. The molecule has 0 spiro atoms. The Balaban J connectivity index is 2.03. The van der Waals surface area contributed by atoms with E-state index < -0.39 is 58.3 Å². The molecule has 1 aromatic heterocycles. The van der Waals surface area contributed by atoms with Gasteiger partial charge in [-0.25, -0.2) is 0 Å². The van der Waals surface area contributed by atoms with Gasteiger partial charge in [0.15, 0.2) is 17.6 Å². The van der Waals surface area contributed by atoms with Crippen molar-refractivity contribution in [1.29, 1.82) is 0 Å². The average molecular weight is 570 g/mol. The molecule has 0 amide bonds. The van der Waals surface area contributed by atoms with Crippen molar-refractivity contribution in [2.45, 2.75) is 24.7 Å². The summed E-state index contributed by atoms with van der Waals surface area (Å²) in [5.74, 6) is 0. The highest BCUT2D eigenvalue weighted by atomic mass is 19.4. The molecule has 3 nitrogen and oxygen atoms in total. The molecule has 3 aromatic carbocycles. The van der Waals surface area contributed by atoms with Crippen LogP contribution < -0.4 is 4.68 Å². The molecule has 39 heavy (non-hydrogen) atoms. The maximum atomic E-state index is 13.4. The summed E-state index contributed by atoms with van der Waals surface area (Å²) < 4.78 is 162. The first kappa shape index (κ1) is 28.0. The van der Waals surface area contributed by atoms with Gasteiger partial charge in [-0.3, -0.25) is 0 Å². The van der Waals surface area contributed by atoms with Gasteiger partial charge in [0.25, 0.3) is 0 Å². The Morgan fingerprint density at radius 1 is 0.538 bits per heavy atom. The zero-order chi connectivity index (χ0) is 29.0. The Morgan fingerprint density at radius 3 is 1.36 bits per heavy atom. The van der Waals surface area contributed by atoms with Crippen LogP contribution in [0.4, 0.5) is 52.7 Å². The molecule has 0 unspecified atom stereocenters. The molecule has 0 fully saturated rings. The van der Waals surface area contributed by atoms with E-state index in [4.69, 9.17) is 0 Å². The molecule has 4 aromatic rings. The normalized spacial score (nSPS) is 13.1. The average Bonchev–Trinajstić information content (AvgIpc) is 3.27. The number of halogens is 12. The predicted molar refractivity (Wildman–Crippen MR) is 111 cm³/mol. The summed E-state index contributed by atoms with van der Waals surface area (Å²) in [5, 5.41) is 3.78. The summed E-state index contributed by atoms with van der Waals surface area (Å²) in [4.78, 5) is 0. The zero-order valence-corrected chi connectivity index (χ0v) is 18.8. The molecule has 1 heterocycles. The van der Waals surface area contributed by atoms with Crippen molar-refractivity contribution >= 4 is 0 Å². The predicted octanol–water partition coefficient (Wildman–Crippen LogP) is 7.89. The van der Waals surface area contributed by atoms with Crippen LogP contribution in [0, 0.1) is 0 Å². The monoisotopic (exact) mass is 570 g/mol. The molecule has 0 saturated heterocycles. The maximum Gasteiger partial charge on any atom is 0.416 e. The van der Waals surface area contributed by atoms with E-state index in [0.29, 0.717) is 33.6 Å². The smallest absolute Gasteiger partial charge is 0.166 e. The van der Waals surface area contributed by atoms with E-state index in [1.807, 2.05) is 0 Å². The molecule has 4 rings (SSSR count). The standard InChI is InChI=1S/C24H12F12N3/c25-21(26,27)14-6-15(22(28,29)30)9-18(8-14)38-12-20(13-4-2-1-3-5-13)39(37-38)19-10-16(23(31,32)33)7-17(11-19)24(34,35)36/h1-12H/q+1. The van der Waals surface area contributed by atoms with Gasteiger partial charge in [0.1, 0.15) is 5.21 Å². The van der Waals surface area contributed by atoms with Crippen molar-refractivity contribution in [1.82, 2.24) is 9.90 Å². The van der Waals surface area contributed by atoms with E-state index >= 15 is 0 Å². The fourth-order valence-corrected chi connectivity index (χ4v) is 3.60. The van der Waals surface area contributed by atoms with E-state index in [9.17, 15) is 52.7 Å². The van der Waals surface area contributed by atoms with Crippen molar-refractivity contribution in [3.05, 3.63) is 95.2 Å². The van der Waals surface area contributed by atoms with Crippen LogP contribution >= 0.6 is 0 Å². The van der Waals surface area contributed by atoms with Gasteiger partial charge in [-0.05, 0) is 36.4 Å². The Hall–Kier alpha value is -4.04. The van der Waals surface area contributed by atoms with Crippen LogP contribution in [0.15, 0.2) is 72.9 Å². The Labute approximate surface area is 210 Å². The molecule has 206 valence electrons. The molecule has 0 atom stereocenters. The van der Waals surface area contributed by atoms with Gasteiger partial charge in [-0.15, -0.1) is 4.68 Å². The maximum absolute atomic E-state index is 13.4. The molecule has 0 saturated carbocycles. The molecular formula is C24H12F12N3+. The lowest BCUT2D eigenvalue weighted by Gasteiger charge is -2.13. The van der Waals surface area contributed by atoms with Crippen molar-refractivity contribution in [3.8, 4) is 22.6 Å². The molecule has 15 heteroatoms. The second-order valence-electron chi connectivity index (χ2n) is 8.15. The minimum absolute atomic E-state index is 0.133. The van der Waals surface area contributed by atoms with E-state index in [0.717, 1.165) is 6.20 Å². The van der Waals surface area contributed by atoms with E-state index in [1.165, 1.54) is 30.3 Å². The van der Waals surface area contributed by atoms with Gasteiger partial charge >= 0.3 is 24.7 Å². The molecule has 0 radical (unpaired) electrons. The lowest BCUT2D eigenvalue weighted by atomic mass is 10.1. The molecule has 0 aliphatic heterocycles. The van der Waals surface area contributed by atoms with Gasteiger partial charge in [-0.1, -0.05) is 35.0 Å². The van der Waals surface area contributed by atoms with Crippen LogP contribution in [0.3, 0.4) is 0 Å². The van der Waals surface area contributed by atoms with Crippen LogP contribution in [0.5, 0.6) is 0 Å². The Kier molecular flexibility index (Phi) is 6.68. The van der Waals surface area contributed by atoms with Crippen molar-refractivity contribution in [2.75, 3.05) is 0 Å². The van der Waals surface area contributed by atoms with Crippen LogP contribution in [0.1, 0.15) is 22.3 Å². The lowest BCUT2D eigenvalue weighted by molar-refractivity contribution is -0.660. The summed E-state index contributed by atoms with van der Waals surface area (Å²) in [7, 11) is 0. The summed E-state index contributed by atoms with van der Waals surface area (Å²) in [5.41, 5.74) is -8.48. The number of alkyl halides is 12. The van der Waals surface area contributed by atoms with Crippen molar-refractivity contribution in [3.63, 3.8) is 0 Å². The largest absolute Gasteiger partial charge is 0.416 e. The Bertz CT molecular complexity index is 1430. The minimum atomic E-state index is -5.23. The first-order chi connectivity index (χ1) is 17.8. The summed E-state index contributed by atoms with van der Waals surface area (Å²) in [6.07, 6.45) is -20.0. The number of nitrogens with zero attached hydrogens (tertiary/aromatic N) is 3. The van der Waals surface area contributed by atoms with Gasteiger partial charge < -0.3 is 0 Å². The first-order valence-electron chi connectivity index (χ1n) is 10.5. The third-order valence-corrected chi connectivity index (χ3v) is 5.38. The van der Waals surface area contributed by atoms with Gasteiger partial charge in [-0.2, -0.15) is 52.7 Å². The van der Waals surface area contributed by atoms with E-state index in [2.05, 4.69) is 5.21 Å². The molecular weight excluding hydrogens is 558 g/mol. The highest BCUT2D eigenvalue weighted by Gasteiger charge is 2.40. The van der Waals surface area contributed by atoms with Crippen LogP contribution in [0.25, 0.3) is 22.6 Å². The number of hydrogen-bond acceptors (Lipinski definition) is 1. The van der Waals surface area contributed by atoms with Crippen LogP contribution in [0.2, 0.25) is 0 Å². The highest BCUT2D eigenvalue weighted by Crippen LogP contribution is 2.39. The van der Waals surface area contributed by atoms with Gasteiger partial charge in [0, 0.05) is 5.56 Å². The highest BCUT2D eigenvalue weighted by molar-refractivity contribution is 5.61. The topological polar surface area (TPSA) is 21.7 Å². The number of rotatable bonds is 3. The minimum Gasteiger partial charge on any atom is -0.166 e. The molecule has 0 bridgehead atoms. The van der Waals surface area contributed by atoms with E-state index in [1.54, 1.807) is 0 Å². The lowest BCUT2D eigenvalue weighted by Crippen LogP contribution is -2.34. The number of aromatic nitrogens is 3. The summed E-state index contributed by atoms with van der Waals surface area (Å²) >= 11 is 0. The van der Waals surface area contributed by atoms with Gasteiger partial charge in [0.05, 0.1) is 22.3 Å². The molecule has 0 aliphatic carbocycles. The SMILES string of the molecule is FC(F)(F)c1cc(-n2n[n+](-c3cc(C(F)(F)F)cc(C(F)(F)F)c3)cc2-c2ccccc2)cc(C(F)(F)F)c1. The molecule has 0 aliphatic rings. The number of hydrogen-bond donors (Lipinski definition) is 0. The number of benzene rings is 3. The second kappa shape index (κ2) is 9.31. The molecule has 0 N–H and O–H groups in total. The first-order valence-corrected chi connectivity index (χ1v) is 10.5. The summed E-state index contributed by atoms with van der Waals surface area (Å²) in [6.45, 7) is 0.